The van der Waals surface area contributed by atoms with Gasteiger partial charge < -0.3 is 30.3 Å². The number of rotatable bonds is 0. The monoisotopic (exact) mass is 180 g/mol. The zero-order valence-corrected chi connectivity index (χ0v) is 6.24. The zero-order chi connectivity index (χ0) is 9.30. The van der Waals surface area contributed by atoms with E-state index in [9.17, 15) is 0 Å². The molecule has 0 aliphatic carbocycles. The van der Waals surface area contributed by atoms with Crippen molar-refractivity contribution in [3.63, 3.8) is 0 Å². The maximum Gasteiger partial charge on any atom is 0.183 e. The Balaban J connectivity index is 2.68. The van der Waals surface area contributed by atoms with Crippen molar-refractivity contribution in [2.24, 2.45) is 0 Å². The van der Waals surface area contributed by atoms with Crippen LogP contribution in [0.25, 0.3) is 0 Å². The lowest BCUT2D eigenvalue weighted by atomic mass is 10.0. The highest BCUT2D eigenvalue weighted by atomic mass is 16.6. The number of ether oxygens (including phenoxy) is 1. The molecule has 0 aromatic carbocycles. The number of aliphatic hydroxyl groups is 5. The van der Waals surface area contributed by atoms with E-state index in [1.54, 1.807) is 0 Å². The summed E-state index contributed by atoms with van der Waals surface area (Å²) in [5.74, 6) is 0. The maximum atomic E-state index is 9.07. The fourth-order valence-electron chi connectivity index (χ4n) is 0.993. The third-order valence-electron chi connectivity index (χ3n) is 1.82. The summed E-state index contributed by atoms with van der Waals surface area (Å²) in [7, 11) is 0. The van der Waals surface area contributed by atoms with Crippen LogP contribution in [-0.4, -0.2) is 62.8 Å². The quantitative estimate of drug-likeness (QED) is 0.268. The molecular formula is C6H12O6. The lowest BCUT2D eigenvalue weighted by molar-refractivity contribution is -0.181. The van der Waals surface area contributed by atoms with Crippen molar-refractivity contribution in [2.45, 2.75) is 30.7 Å². The molecule has 6 heteroatoms. The molecule has 0 spiro atoms. The van der Waals surface area contributed by atoms with Crippen LogP contribution >= 0.6 is 0 Å². The van der Waals surface area contributed by atoms with E-state index in [-0.39, 0.29) is 6.61 Å². The molecule has 12 heavy (non-hydrogen) atoms. The molecule has 1 rings (SSSR count). The average Bonchev–Trinajstić information content (AvgIpc) is 2.14. The molecular weight excluding hydrogens is 168 g/mol. The minimum Gasteiger partial charge on any atom is -0.388 e. The predicted octanol–water partition coefficient (Wildman–Crippen LogP) is -3.22. The van der Waals surface area contributed by atoms with Gasteiger partial charge in [0.25, 0.3) is 0 Å². The molecule has 0 radical (unpaired) electrons. The highest BCUT2D eigenvalue weighted by Crippen LogP contribution is 2.14. The SMILES string of the molecule is OC1OC[C@@H](O)[C@@H](O)[C@H](O)[C@H]1O. The van der Waals surface area contributed by atoms with Crippen LogP contribution < -0.4 is 0 Å². The summed E-state index contributed by atoms with van der Waals surface area (Å²) in [6, 6.07) is 0. The van der Waals surface area contributed by atoms with Crippen LogP contribution in [0.4, 0.5) is 0 Å². The molecule has 1 unspecified atom stereocenters. The van der Waals surface area contributed by atoms with Gasteiger partial charge in [-0.3, -0.25) is 0 Å². The van der Waals surface area contributed by atoms with Crippen LogP contribution in [0.1, 0.15) is 0 Å². The van der Waals surface area contributed by atoms with E-state index in [1.807, 2.05) is 0 Å². The van der Waals surface area contributed by atoms with Crippen LogP contribution in [0.3, 0.4) is 0 Å². The van der Waals surface area contributed by atoms with Gasteiger partial charge in [0.15, 0.2) is 6.29 Å². The molecule has 1 saturated heterocycles. The first-order valence-corrected chi connectivity index (χ1v) is 3.56. The maximum absolute atomic E-state index is 9.07. The Bertz CT molecular complexity index is 135. The fourth-order valence-corrected chi connectivity index (χ4v) is 0.993. The molecule has 0 saturated carbocycles. The van der Waals surface area contributed by atoms with Crippen molar-refractivity contribution in [2.75, 3.05) is 6.61 Å². The molecule has 1 aliphatic rings. The summed E-state index contributed by atoms with van der Waals surface area (Å²) in [6.45, 7) is -0.323. The Morgan fingerprint density at radius 2 is 1.42 bits per heavy atom. The van der Waals surface area contributed by atoms with Crippen molar-refractivity contribution in [1.82, 2.24) is 0 Å². The topological polar surface area (TPSA) is 110 Å². The van der Waals surface area contributed by atoms with Crippen molar-refractivity contribution >= 4 is 0 Å². The van der Waals surface area contributed by atoms with Crippen LogP contribution in [-0.2, 0) is 4.74 Å². The van der Waals surface area contributed by atoms with Crippen LogP contribution in [0.15, 0.2) is 0 Å². The van der Waals surface area contributed by atoms with Crippen molar-refractivity contribution in [3.05, 3.63) is 0 Å². The van der Waals surface area contributed by atoms with Crippen LogP contribution in [0.5, 0.6) is 0 Å². The third-order valence-corrected chi connectivity index (χ3v) is 1.82. The summed E-state index contributed by atoms with van der Waals surface area (Å²) in [5, 5.41) is 45.1. The lowest BCUT2D eigenvalue weighted by Gasteiger charge is -2.22. The summed E-state index contributed by atoms with van der Waals surface area (Å²) in [4.78, 5) is 0. The van der Waals surface area contributed by atoms with Crippen LogP contribution in [0, 0.1) is 0 Å². The van der Waals surface area contributed by atoms with Gasteiger partial charge in [0.1, 0.15) is 24.4 Å². The summed E-state index contributed by atoms with van der Waals surface area (Å²) in [6.07, 6.45) is -7.58. The predicted molar refractivity (Wildman–Crippen MR) is 36.0 cm³/mol. The van der Waals surface area contributed by atoms with E-state index >= 15 is 0 Å². The normalized spacial score (nSPS) is 50.2. The van der Waals surface area contributed by atoms with E-state index in [2.05, 4.69) is 4.74 Å². The molecule has 0 bridgehead atoms. The number of hydrogen-bond acceptors (Lipinski definition) is 6. The Morgan fingerprint density at radius 3 is 2.00 bits per heavy atom. The second-order valence-corrected chi connectivity index (χ2v) is 2.76. The summed E-state index contributed by atoms with van der Waals surface area (Å²) < 4.78 is 4.50. The number of aliphatic hydroxyl groups excluding tert-OH is 5. The van der Waals surface area contributed by atoms with E-state index < -0.39 is 30.7 Å². The van der Waals surface area contributed by atoms with Crippen molar-refractivity contribution in [3.8, 4) is 0 Å². The van der Waals surface area contributed by atoms with Gasteiger partial charge in [0.2, 0.25) is 0 Å². The van der Waals surface area contributed by atoms with Gasteiger partial charge in [0.05, 0.1) is 6.61 Å². The van der Waals surface area contributed by atoms with Crippen molar-refractivity contribution < 1.29 is 30.3 Å². The third kappa shape index (κ3) is 1.74. The first-order valence-electron chi connectivity index (χ1n) is 3.56. The Kier molecular flexibility index (Phi) is 2.99. The van der Waals surface area contributed by atoms with E-state index in [1.165, 1.54) is 0 Å². The van der Waals surface area contributed by atoms with Gasteiger partial charge in [-0.2, -0.15) is 0 Å². The highest BCUT2D eigenvalue weighted by Gasteiger charge is 2.38. The lowest BCUT2D eigenvalue weighted by Crippen LogP contribution is -2.46. The fraction of sp³-hybridized carbons (Fsp3) is 1.00. The van der Waals surface area contributed by atoms with Crippen molar-refractivity contribution in [1.29, 1.82) is 0 Å². The molecule has 1 fully saturated rings. The van der Waals surface area contributed by atoms with Crippen LogP contribution in [0.2, 0.25) is 0 Å². The van der Waals surface area contributed by atoms with Gasteiger partial charge >= 0.3 is 0 Å². The summed E-state index contributed by atoms with van der Waals surface area (Å²) in [5.41, 5.74) is 0. The molecule has 5 N–H and O–H groups in total. The molecule has 6 nitrogen and oxygen atoms in total. The zero-order valence-electron chi connectivity index (χ0n) is 6.24. The number of hydrogen-bond donors (Lipinski definition) is 5. The van der Waals surface area contributed by atoms with Gasteiger partial charge in [-0.25, -0.2) is 0 Å². The molecule has 0 aromatic rings. The minimum absolute atomic E-state index is 0.323. The molecule has 72 valence electrons. The first kappa shape index (κ1) is 9.85. The standard InChI is InChI=1S/C6H12O6/c7-2-1-12-6(11)5(10)4(9)3(2)8/h2-11H,1H2/t2-,3-,4+,5-,6?/m1/s1. The van der Waals surface area contributed by atoms with Gasteiger partial charge in [-0.1, -0.05) is 0 Å². The molecule has 1 heterocycles. The van der Waals surface area contributed by atoms with Gasteiger partial charge in [0, 0.05) is 0 Å². The smallest absolute Gasteiger partial charge is 0.183 e. The van der Waals surface area contributed by atoms with Gasteiger partial charge in [-0.05, 0) is 0 Å². The second kappa shape index (κ2) is 3.65. The average molecular weight is 180 g/mol. The molecule has 1 aliphatic heterocycles. The van der Waals surface area contributed by atoms with E-state index in [4.69, 9.17) is 25.5 Å². The Labute approximate surface area is 68.6 Å². The molecule has 5 atom stereocenters. The molecule has 0 amide bonds. The van der Waals surface area contributed by atoms with Gasteiger partial charge in [-0.15, -0.1) is 0 Å². The molecule has 0 aromatic heterocycles. The Morgan fingerprint density at radius 1 is 0.833 bits per heavy atom. The first-order chi connectivity index (χ1) is 5.54. The highest BCUT2D eigenvalue weighted by molar-refractivity contribution is 4.85. The minimum atomic E-state index is -1.60. The van der Waals surface area contributed by atoms with E-state index in [0.717, 1.165) is 0 Å². The second-order valence-electron chi connectivity index (χ2n) is 2.76. The van der Waals surface area contributed by atoms with E-state index in [0.29, 0.717) is 0 Å². The largest absolute Gasteiger partial charge is 0.388 e. The summed E-state index contributed by atoms with van der Waals surface area (Å²) >= 11 is 0. The Hall–Kier alpha value is -0.240.